The zero-order chi connectivity index (χ0) is 33.9. The number of phenolic OH excluding ortho intramolecular Hbond substituents is 1. The highest BCUT2D eigenvalue weighted by Crippen LogP contribution is 2.42. The lowest BCUT2D eigenvalue weighted by Gasteiger charge is -2.41. The maximum Gasteiger partial charge on any atom is 0.319 e. The molecule has 0 saturated carbocycles. The molecule has 2 bridgehead atoms. The van der Waals surface area contributed by atoms with Crippen LogP contribution in [0.25, 0.3) is 32.8 Å². The van der Waals surface area contributed by atoms with Gasteiger partial charge < -0.3 is 19.6 Å². The first kappa shape index (κ1) is 32.6. The third kappa shape index (κ3) is 5.90. The number of sulfonamides is 1. The number of aromatic hydroxyl groups is 1. The number of nitrogens with zero attached hydrogens (tertiary/aromatic N) is 6. The third-order valence-electron chi connectivity index (χ3n) is 11.2. The minimum absolute atomic E-state index is 0.0367. The van der Waals surface area contributed by atoms with Crippen molar-refractivity contribution in [2.75, 3.05) is 64.1 Å². The fourth-order valence-electron chi connectivity index (χ4n) is 8.98. The molecule has 4 saturated heterocycles. The highest BCUT2D eigenvalue weighted by atomic mass is 32.2. The Morgan fingerprint density at radius 3 is 2.45 bits per heavy atom. The molecule has 12 heteroatoms. The fraction of sp³-hybridized carbons (Fsp3) is 0.514. The molecule has 4 fully saturated rings. The van der Waals surface area contributed by atoms with Gasteiger partial charge in [-0.3, -0.25) is 4.90 Å². The third-order valence-corrected chi connectivity index (χ3v) is 13.3. The molecule has 3 aromatic carbocycles. The second-order valence-corrected chi connectivity index (χ2v) is 16.7. The van der Waals surface area contributed by atoms with Gasteiger partial charge in [-0.1, -0.05) is 30.3 Å². The van der Waals surface area contributed by atoms with E-state index in [1.54, 1.807) is 22.5 Å². The van der Waals surface area contributed by atoms with E-state index in [0.717, 1.165) is 68.9 Å². The Hall–Kier alpha value is -3.58. The molecular formula is C37H45FN6O4S. The van der Waals surface area contributed by atoms with Crippen molar-refractivity contribution in [1.29, 1.82) is 0 Å². The minimum Gasteiger partial charge on any atom is -0.508 e. The van der Waals surface area contributed by atoms with Crippen LogP contribution < -0.4 is 9.64 Å². The average Bonchev–Trinajstić information content (AvgIpc) is 3.74. The van der Waals surface area contributed by atoms with Gasteiger partial charge in [-0.15, -0.1) is 0 Å². The second kappa shape index (κ2) is 12.6. The summed E-state index contributed by atoms with van der Waals surface area (Å²) in [7, 11) is 0.479. The number of fused-ring (bicyclic) bond motifs is 5. The maximum atomic E-state index is 16.9. The Kier molecular flexibility index (Phi) is 8.41. The molecule has 1 N–H and O–H groups in total. The predicted octanol–water partition coefficient (Wildman–Crippen LogP) is 5.24. The molecule has 1 aromatic heterocycles. The van der Waals surface area contributed by atoms with Crippen LogP contribution in [0.5, 0.6) is 11.8 Å². The number of piperazine rings is 1. The molecule has 0 spiro atoms. The molecule has 8 rings (SSSR count). The summed E-state index contributed by atoms with van der Waals surface area (Å²) in [6, 6.07) is 14.3. The standard InChI is InChI=1S/C37H45FN6O4S/c1-41(2)16-7-19-49(46,47)44-26-10-11-27(44)23-42(22-26)35-31-13-12-30(32-21-28(45)20-25-8-3-4-9-29(25)32)33(38)34(31)39-36(40-35)48-24-37-14-5-17-43(37)18-6-15-37/h3-4,8-9,12-13,20-21,26-27,45H,5-7,10-11,14-19,22-24H2,1-2H3. The number of ether oxygens (including phenoxy) is 1. The van der Waals surface area contributed by atoms with E-state index in [-0.39, 0.29) is 40.7 Å². The summed E-state index contributed by atoms with van der Waals surface area (Å²) < 4.78 is 52.2. The molecule has 2 atom stereocenters. The lowest BCUT2D eigenvalue weighted by atomic mass is 9.95. The smallest absolute Gasteiger partial charge is 0.319 e. The van der Waals surface area contributed by atoms with Gasteiger partial charge in [-0.05, 0) is 113 Å². The second-order valence-electron chi connectivity index (χ2n) is 14.7. The van der Waals surface area contributed by atoms with E-state index in [1.807, 2.05) is 49.3 Å². The minimum atomic E-state index is -3.43. The monoisotopic (exact) mass is 688 g/mol. The molecule has 4 aliphatic rings. The average molecular weight is 689 g/mol. The van der Waals surface area contributed by atoms with E-state index in [2.05, 4.69) is 9.80 Å². The lowest BCUT2D eigenvalue weighted by Crippen LogP contribution is -2.56. The zero-order valence-electron chi connectivity index (χ0n) is 28.3. The highest BCUT2D eigenvalue weighted by Gasteiger charge is 2.47. The van der Waals surface area contributed by atoms with Crippen molar-refractivity contribution in [3.05, 3.63) is 54.3 Å². The van der Waals surface area contributed by atoms with E-state index in [9.17, 15) is 13.5 Å². The van der Waals surface area contributed by atoms with Crippen molar-refractivity contribution < 1.29 is 22.7 Å². The highest BCUT2D eigenvalue weighted by molar-refractivity contribution is 7.89. The molecule has 5 heterocycles. The Bertz CT molecular complexity index is 1980. The van der Waals surface area contributed by atoms with Crippen LogP contribution in [-0.4, -0.2) is 114 Å². The summed E-state index contributed by atoms with van der Waals surface area (Å²) in [5, 5.41) is 12.8. The fourth-order valence-corrected chi connectivity index (χ4v) is 10.9. The maximum absolute atomic E-state index is 16.9. The summed E-state index contributed by atoms with van der Waals surface area (Å²) in [6.45, 7) is 4.22. The number of anilines is 1. The largest absolute Gasteiger partial charge is 0.508 e. The van der Waals surface area contributed by atoms with E-state index in [1.165, 1.54) is 0 Å². The van der Waals surface area contributed by atoms with Crippen molar-refractivity contribution in [3.8, 4) is 22.9 Å². The normalized spacial score (nSPS) is 22.5. The quantitative estimate of drug-likeness (QED) is 0.240. The molecule has 10 nitrogen and oxygen atoms in total. The van der Waals surface area contributed by atoms with E-state index in [0.29, 0.717) is 48.4 Å². The Morgan fingerprint density at radius 2 is 1.71 bits per heavy atom. The molecule has 2 unspecified atom stereocenters. The predicted molar refractivity (Wildman–Crippen MR) is 190 cm³/mol. The van der Waals surface area contributed by atoms with Crippen LogP contribution >= 0.6 is 0 Å². The number of halogens is 1. The number of hydrogen-bond acceptors (Lipinski definition) is 9. The number of aromatic nitrogens is 2. The first-order valence-corrected chi connectivity index (χ1v) is 19.2. The van der Waals surface area contributed by atoms with E-state index >= 15 is 4.39 Å². The Balaban J connectivity index is 1.18. The van der Waals surface area contributed by atoms with Crippen LogP contribution in [0.1, 0.15) is 44.9 Å². The number of hydrogen-bond donors (Lipinski definition) is 1. The van der Waals surface area contributed by atoms with Crippen LogP contribution in [0.15, 0.2) is 48.5 Å². The van der Waals surface area contributed by atoms with Gasteiger partial charge >= 0.3 is 6.01 Å². The van der Waals surface area contributed by atoms with Gasteiger partial charge in [0.15, 0.2) is 5.82 Å². The number of rotatable bonds is 10. The first-order valence-electron chi connectivity index (χ1n) is 17.6. The summed E-state index contributed by atoms with van der Waals surface area (Å²) in [6.07, 6.45) is 6.53. The molecule has 4 aromatic rings. The number of benzene rings is 3. The van der Waals surface area contributed by atoms with Crippen LogP contribution in [0.2, 0.25) is 0 Å². The van der Waals surface area contributed by atoms with Gasteiger partial charge in [0.05, 0.1) is 11.3 Å². The van der Waals surface area contributed by atoms with Crippen LogP contribution in [-0.2, 0) is 10.0 Å². The van der Waals surface area contributed by atoms with Crippen LogP contribution in [0.3, 0.4) is 0 Å². The van der Waals surface area contributed by atoms with Gasteiger partial charge in [0.1, 0.15) is 23.7 Å². The molecular weight excluding hydrogens is 644 g/mol. The van der Waals surface area contributed by atoms with Gasteiger partial charge in [0, 0.05) is 36.1 Å². The van der Waals surface area contributed by atoms with Crippen molar-refractivity contribution in [2.45, 2.75) is 62.6 Å². The topological polar surface area (TPSA) is 102 Å². The molecule has 0 amide bonds. The van der Waals surface area contributed by atoms with Gasteiger partial charge in [0.2, 0.25) is 10.0 Å². The first-order chi connectivity index (χ1) is 23.6. The van der Waals surface area contributed by atoms with Gasteiger partial charge in [-0.2, -0.15) is 14.3 Å². The van der Waals surface area contributed by atoms with Crippen LogP contribution in [0, 0.1) is 5.82 Å². The van der Waals surface area contributed by atoms with Crippen molar-refractivity contribution in [2.24, 2.45) is 0 Å². The molecule has 4 aliphatic heterocycles. The van der Waals surface area contributed by atoms with Crippen molar-refractivity contribution in [1.82, 2.24) is 24.1 Å². The Morgan fingerprint density at radius 1 is 0.980 bits per heavy atom. The van der Waals surface area contributed by atoms with Crippen LogP contribution in [0.4, 0.5) is 10.2 Å². The number of phenols is 1. The molecule has 0 aliphatic carbocycles. The van der Waals surface area contributed by atoms with E-state index < -0.39 is 15.8 Å². The van der Waals surface area contributed by atoms with Crippen molar-refractivity contribution in [3.63, 3.8) is 0 Å². The van der Waals surface area contributed by atoms with Crippen molar-refractivity contribution >= 4 is 37.5 Å². The lowest BCUT2D eigenvalue weighted by molar-refractivity contribution is 0.108. The molecule has 0 radical (unpaired) electrons. The molecule has 49 heavy (non-hydrogen) atoms. The van der Waals surface area contributed by atoms with E-state index in [4.69, 9.17) is 14.7 Å². The van der Waals surface area contributed by atoms with Gasteiger partial charge in [-0.25, -0.2) is 12.8 Å². The zero-order valence-corrected chi connectivity index (χ0v) is 29.1. The van der Waals surface area contributed by atoms with Gasteiger partial charge in [0.25, 0.3) is 0 Å². The summed E-state index contributed by atoms with van der Waals surface area (Å²) in [5.41, 5.74) is 1.03. The Labute approximate surface area is 287 Å². The molecule has 260 valence electrons. The SMILES string of the molecule is CN(C)CCCS(=O)(=O)N1C2CCC1CN(c1nc(OCC34CCCN3CCC4)nc3c(F)c(-c4cc(O)cc5ccccc45)ccc13)C2. The summed E-state index contributed by atoms with van der Waals surface area (Å²) in [4.78, 5) is 16.3. The summed E-state index contributed by atoms with van der Waals surface area (Å²) in [5.74, 6) is 0.249. The summed E-state index contributed by atoms with van der Waals surface area (Å²) >= 11 is 0.